The molecule has 4 rings (SSSR count). The van der Waals surface area contributed by atoms with Crippen molar-refractivity contribution in [3.05, 3.63) is 74.2 Å². The van der Waals surface area contributed by atoms with Gasteiger partial charge in [0.05, 0.1) is 11.0 Å². The molecule has 2 N–H and O–H groups in total. The van der Waals surface area contributed by atoms with Crippen LogP contribution in [0.15, 0.2) is 36.4 Å². The van der Waals surface area contributed by atoms with E-state index in [-0.39, 0.29) is 17.5 Å². The number of aromatic nitrogens is 1. The number of fused-ring (bicyclic) bond motifs is 3. The summed E-state index contributed by atoms with van der Waals surface area (Å²) < 4.78 is 13.6. The molecule has 0 fully saturated rings. The van der Waals surface area contributed by atoms with E-state index >= 15 is 0 Å². The van der Waals surface area contributed by atoms with Gasteiger partial charge in [0.25, 0.3) is 5.69 Å². The van der Waals surface area contributed by atoms with Gasteiger partial charge in [0.15, 0.2) is 0 Å². The van der Waals surface area contributed by atoms with E-state index in [2.05, 4.69) is 10.3 Å². The summed E-state index contributed by atoms with van der Waals surface area (Å²) in [6.45, 7) is 0.681. The fraction of sp³-hybridized carbons (Fsp3) is 0.176. The molecule has 1 unspecified atom stereocenters. The zero-order valence-electron chi connectivity index (χ0n) is 12.5. The molecule has 0 saturated carbocycles. The van der Waals surface area contributed by atoms with E-state index in [9.17, 15) is 14.5 Å². The average Bonchev–Trinajstić information content (AvgIpc) is 2.93. The van der Waals surface area contributed by atoms with Gasteiger partial charge in [-0.25, -0.2) is 4.39 Å². The molecule has 2 aromatic carbocycles. The molecule has 0 bridgehead atoms. The summed E-state index contributed by atoms with van der Waals surface area (Å²) in [6, 6.07) is 8.74. The third kappa shape index (κ3) is 2.35. The van der Waals surface area contributed by atoms with E-state index in [0.717, 1.165) is 28.6 Å². The number of nitro groups is 1. The minimum Gasteiger partial charge on any atom is -0.357 e. The first-order chi connectivity index (χ1) is 11.5. The predicted octanol–water partition coefficient (Wildman–Crippen LogP) is 4.10. The zero-order chi connectivity index (χ0) is 16.8. The van der Waals surface area contributed by atoms with Gasteiger partial charge in [-0.05, 0) is 36.2 Å². The molecule has 122 valence electrons. The lowest BCUT2D eigenvalue weighted by molar-refractivity contribution is -0.384. The topological polar surface area (TPSA) is 71.0 Å². The second-order valence-electron chi connectivity index (χ2n) is 5.81. The van der Waals surface area contributed by atoms with Gasteiger partial charge in [-0.3, -0.25) is 10.1 Å². The van der Waals surface area contributed by atoms with Gasteiger partial charge < -0.3 is 10.3 Å². The fourth-order valence-electron chi connectivity index (χ4n) is 3.33. The fourth-order valence-corrected chi connectivity index (χ4v) is 3.56. The molecule has 1 aromatic heterocycles. The number of nitro benzene ring substituents is 1. The number of nitrogens with zero attached hydrogens (tertiary/aromatic N) is 1. The first kappa shape index (κ1) is 15.1. The number of benzene rings is 2. The second kappa shape index (κ2) is 5.58. The maximum Gasteiger partial charge on any atom is 0.269 e. The number of nitrogens with one attached hydrogen (secondary N) is 2. The minimum absolute atomic E-state index is 0.00882. The Bertz CT molecular complexity index is 970. The predicted molar refractivity (Wildman–Crippen MR) is 89.9 cm³/mol. The standard InChI is InChI=1S/C17H13ClFN3O2/c18-14-3-2-10(22(23)24)8-13(14)16-17-11(5-6-20-16)12-7-9(19)1-4-15(12)21-17/h1-4,7-8,16,20-21H,5-6H2. The van der Waals surface area contributed by atoms with Gasteiger partial charge in [-0.2, -0.15) is 0 Å². The molecule has 0 aliphatic carbocycles. The summed E-state index contributed by atoms with van der Waals surface area (Å²) in [5.74, 6) is -0.284. The number of halogens is 2. The Morgan fingerprint density at radius 1 is 1.25 bits per heavy atom. The first-order valence-corrected chi connectivity index (χ1v) is 7.89. The highest BCUT2D eigenvalue weighted by Crippen LogP contribution is 2.37. The van der Waals surface area contributed by atoms with Crippen molar-refractivity contribution < 1.29 is 9.31 Å². The second-order valence-corrected chi connectivity index (χ2v) is 6.21. The van der Waals surface area contributed by atoms with Crippen LogP contribution >= 0.6 is 11.6 Å². The first-order valence-electron chi connectivity index (χ1n) is 7.52. The van der Waals surface area contributed by atoms with Crippen LogP contribution in [0, 0.1) is 15.9 Å². The Kier molecular flexibility index (Phi) is 3.51. The summed E-state index contributed by atoms with van der Waals surface area (Å²) in [5.41, 5.74) is 3.38. The number of hydrogen-bond donors (Lipinski definition) is 2. The van der Waals surface area contributed by atoms with Gasteiger partial charge in [0.2, 0.25) is 0 Å². The van der Waals surface area contributed by atoms with Gasteiger partial charge in [-0.1, -0.05) is 11.6 Å². The van der Waals surface area contributed by atoms with Gasteiger partial charge in [0, 0.05) is 45.9 Å². The van der Waals surface area contributed by atoms with Gasteiger partial charge >= 0.3 is 0 Å². The van der Waals surface area contributed by atoms with Crippen LogP contribution in [0.2, 0.25) is 5.02 Å². The minimum atomic E-state index is -0.440. The summed E-state index contributed by atoms with van der Waals surface area (Å²) in [6.07, 6.45) is 0.752. The van der Waals surface area contributed by atoms with Crippen LogP contribution in [-0.2, 0) is 6.42 Å². The Morgan fingerprint density at radius 3 is 2.88 bits per heavy atom. The lowest BCUT2D eigenvalue weighted by atomic mass is 9.94. The molecule has 0 amide bonds. The summed E-state index contributed by atoms with van der Waals surface area (Å²) in [5, 5.41) is 15.7. The van der Waals surface area contributed by atoms with E-state index in [1.165, 1.54) is 30.3 Å². The largest absolute Gasteiger partial charge is 0.357 e. The molecular formula is C17H13ClFN3O2. The van der Waals surface area contributed by atoms with Crippen molar-refractivity contribution in [3.63, 3.8) is 0 Å². The molecule has 5 nitrogen and oxygen atoms in total. The Morgan fingerprint density at radius 2 is 2.08 bits per heavy atom. The molecule has 1 aliphatic rings. The van der Waals surface area contributed by atoms with Crippen molar-refractivity contribution in [3.8, 4) is 0 Å². The smallest absolute Gasteiger partial charge is 0.269 e. The number of rotatable bonds is 2. The summed E-state index contributed by atoms with van der Waals surface area (Å²) >= 11 is 6.29. The van der Waals surface area contributed by atoms with Crippen LogP contribution < -0.4 is 5.32 Å². The maximum absolute atomic E-state index is 13.6. The molecule has 0 spiro atoms. The molecule has 24 heavy (non-hydrogen) atoms. The van der Waals surface area contributed by atoms with Crippen molar-refractivity contribution in [1.82, 2.24) is 10.3 Å². The van der Waals surface area contributed by atoms with E-state index in [1.54, 1.807) is 6.07 Å². The quantitative estimate of drug-likeness (QED) is 0.542. The van der Waals surface area contributed by atoms with Crippen molar-refractivity contribution in [2.24, 2.45) is 0 Å². The van der Waals surface area contributed by atoms with Crippen LogP contribution in [0.3, 0.4) is 0 Å². The molecule has 3 aromatic rings. The number of aromatic amines is 1. The van der Waals surface area contributed by atoms with Crippen LogP contribution in [0.5, 0.6) is 0 Å². The van der Waals surface area contributed by atoms with Crippen LogP contribution in [-0.4, -0.2) is 16.5 Å². The molecule has 1 aliphatic heterocycles. The van der Waals surface area contributed by atoms with E-state index in [1.807, 2.05) is 0 Å². The van der Waals surface area contributed by atoms with E-state index in [0.29, 0.717) is 17.1 Å². The van der Waals surface area contributed by atoms with Crippen molar-refractivity contribution in [2.45, 2.75) is 12.5 Å². The van der Waals surface area contributed by atoms with E-state index < -0.39 is 4.92 Å². The molecule has 7 heteroatoms. The lowest BCUT2D eigenvalue weighted by Gasteiger charge is -2.25. The number of non-ortho nitro benzene ring substituents is 1. The lowest BCUT2D eigenvalue weighted by Crippen LogP contribution is -2.30. The number of H-pyrrole nitrogens is 1. The molecule has 1 atom stereocenters. The molecule has 0 saturated heterocycles. The number of hydrogen-bond acceptors (Lipinski definition) is 3. The Labute approximate surface area is 141 Å². The SMILES string of the molecule is O=[N+]([O-])c1ccc(Cl)c(C2NCCc3c2[nH]c2ccc(F)cc32)c1. The highest BCUT2D eigenvalue weighted by molar-refractivity contribution is 6.31. The van der Waals surface area contributed by atoms with Crippen molar-refractivity contribution >= 4 is 28.2 Å². The third-order valence-corrected chi connectivity index (χ3v) is 4.76. The van der Waals surface area contributed by atoms with Crippen LogP contribution in [0.1, 0.15) is 22.9 Å². The Hall–Kier alpha value is -2.44. The van der Waals surface area contributed by atoms with Crippen LogP contribution in [0.25, 0.3) is 10.9 Å². The average molecular weight is 346 g/mol. The highest BCUT2D eigenvalue weighted by atomic mass is 35.5. The monoisotopic (exact) mass is 345 g/mol. The summed E-state index contributed by atoms with van der Waals surface area (Å²) in [4.78, 5) is 13.9. The van der Waals surface area contributed by atoms with Gasteiger partial charge in [0.1, 0.15) is 5.82 Å². The molecule has 2 heterocycles. The molecular weight excluding hydrogens is 333 g/mol. The Balaban J connectivity index is 1.90. The summed E-state index contributed by atoms with van der Waals surface area (Å²) in [7, 11) is 0. The molecule has 0 radical (unpaired) electrons. The van der Waals surface area contributed by atoms with Crippen molar-refractivity contribution in [2.75, 3.05) is 6.54 Å². The normalized spacial score (nSPS) is 17.0. The van der Waals surface area contributed by atoms with E-state index in [4.69, 9.17) is 11.6 Å². The third-order valence-electron chi connectivity index (χ3n) is 4.41. The zero-order valence-corrected chi connectivity index (χ0v) is 13.2. The van der Waals surface area contributed by atoms with Crippen LogP contribution in [0.4, 0.5) is 10.1 Å². The van der Waals surface area contributed by atoms with Crippen molar-refractivity contribution in [1.29, 1.82) is 0 Å². The van der Waals surface area contributed by atoms with Gasteiger partial charge in [-0.15, -0.1) is 0 Å². The highest BCUT2D eigenvalue weighted by Gasteiger charge is 2.28. The maximum atomic E-state index is 13.6.